The molecule has 0 N–H and O–H groups in total. The fourth-order valence-electron chi connectivity index (χ4n) is 1.80. The van der Waals surface area contributed by atoms with Gasteiger partial charge in [-0.25, -0.2) is 4.39 Å². The van der Waals surface area contributed by atoms with Crippen molar-refractivity contribution in [2.45, 2.75) is 19.8 Å². The molecule has 0 saturated carbocycles. The van der Waals surface area contributed by atoms with Crippen LogP contribution in [0.4, 0.5) is 4.39 Å². The monoisotopic (exact) mass is 237 g/mol. The average Bonchev–Trinajstić information content (AvgIpc) is 2.56. The summed E-state index contributed by atoms with van der Waals surface area (Å²) in [5, 5.41) is 9.72. The van der Waals surface area contributed by atoms with Crippen LogP contribution in [0.2, 0.25) is 5.02 Å². The molecule has 2 nitrogen and oxygen atoms in total. The van der Waals surface area contributed by atoms with Gasteiger partial charge in [0.15, 0.2) is 5.58 Å². The summed E-state index contributed by atoms with van der Waals surface area (Å²) in [4.78, 5) is 0. The van der Waals surface area contributed by atoms with Crippen LogP contribution in [0, 0.1) is 17.1 Å². The second-order valence-electron chi connectivity index (χ2n) is 3.88. The molecule has 0 unspecified atom stereocenters. The second kappa shape index (κ2) is 3.80. The van der Waals surface area contributed by atoms with Crippen molar-refractivity contribution in [2.75, 3.05) is 0 Å². The summed E-state index contributed by atoms with van der Waals surface area (Å²) in [7, 11) is 0. The number of hydrogen-bond donors (Lipinski definition) is 0. The summed E-state index contributed by atoms with van der Waals surface area (Å²) in [6.45, 7) is 3.84. The van der Waals surface area contributed by atoms with Crippen molar-refractivity contribution in [2.24, 2.45) is 0 Å². The lowest BCUT2D eigenvalue weighted by Crippen LogP contribution is -1.88. The molecule has 0 fully saturated rings. The molecule has 0 spiro atoms. The molecule has 0 aliphatic carbocycles. The second-order valence-corrected chi connectivity index (χ2v) is 4.28. The maximum atomic E-state index is 13.2. The van der Waals surface area contributed by atoms with Crippen molar-refractivity contribution in [3.05, 3.63) is 34.3 Å². The molecule has 82 valence electrons. The molecule has 16 heavy (non-hydrogen) atoms. The Balaban J connectivity index is 2.91. The molecule has 0 saturated heterocycles. The zero-order valence-electron chi connectivity index (χ0n) is 8.84. The van der Waals surface area contributed by atoms with E-state index in [-0.39, 0.29) is 16.7 Å². The minimum absolute atomic E-state index is 0.0776. The lowest BCUT2D eigenvalue weighted by molar-refractivity contribution is 0.587. The Morgan fingerprint density at radius 2 is 2.12 bits per heavy atom. The zero-order valence-corrected chi connectivity index (χ0v) is 9.60. The first-order valence-corrected chi connectivity index (χ1v) is 5.24. The number of fused-ring (bicyclic) bond motifs is 1. The summed E-state index contributed by atoms with van der Waals surface area (Å²) in [6, 6.07) is 4.49. The smallest absolute Gasteiger partial charge is 0.208 e. The van der Waals surface area contributed by atoms with E-state index in [2.05, 4.69) is 0 Å². The Morgan fingerprint density at radius 1 is 1.44 bits per heavy atom. The van der Waals surface area contributed by atoms with E-state index in [4.69, 9.17) is 21.3 Å². The molecule has 0 atom stereocenters. The van der Waals surface area contributed by atoms with E-state index in [0.717, 1.165) is 0 Å². The van der Waals surface area contributed by atoms with Crippen LogP contribution in [0.5, 0.6) is 0 Å². The lowest BCUT2D eigenvalue weighted by atomic mass is 10.00. The number of halogens is 2. The molecule has 0 aliphatic rings. The fourth-order valence-corrected chi connectivity index (χ4v) is 2.04. The normalized spacial score (nSPS) is 11.0. The SMILES string of the molecule is CC(C)c1c(C#N)oc2c(Cl)cc(F)cc12. The van der Waals surface area contributed by atoms with Crippen LogP contribution in [0.25, 0.3) is 11.0 Å². The number of benzene rings is 1. The third-order valence-corrected chi connectivity index (χ3v) is 2.71. The highest BCUT2D eigenvalue weighted by atomic mass is 35.5. The van der Waals surface area contributed by atoms with Gasteiger partial charge in [0.25, 0.3) is 0 Å². The predicted octanol–water partition coefficient (Wildman–Crippen LogP) is 4.22. The van der Waals surface area contributed by atoms with Crippen molar-refractivity contribution < 1.29 is 8.81 Å². The zero-order chi connectivity index (χ0) is 11.9. The van der Waals surface area contributed by atoms with Crippen molar-refractivity contribution in [1.82, 2.24) is 0 Å². The molecule has 0 aliphatic heterocycles. The summed E-state index contributed by atoms with van der Waals surface area (Å²) in [6.07, 6.45) is 0. The minimum Gasteiger partial charge on any atom is -0.444 e. The standard InChI is InChI=1S/C12H9ClFNO/c1-6(2)11-8-3-7(14)4-9(13)12(8)16-10(11)5-15/h3-4,6H,1-2H3. The number of furan rings is 1. The van der Waals surface area contributed by atoms with E-state index in [0.29, 0.717) is 16.5 Å². The maximum absolute atomic E-state index is 13.2. The van der Waals surface area contributed by atoms with E-state index in [1.165, 1.54) is 12.1 Å². The Morgan fingerprint density at radius 3 is 2.69 bits per heavy atom. The third-order valence-electron chi connectivity index (χ3n) is 2.43. The van der Waals surface area contributed by atoms with Crippen LogP contribution in [0.15, 0.2) is 16.5 Å². The molecule has 1 aromatic heterocycles. The van der Waals surface area contributed by atoms with Gasteiger partial charge in [-0.3, -0.25) is 0 Å². The van der Waals surface area contributed by atoms with Gasteiger partial charge in [-0.2, -0.15) is 5.26 Å². The van der Waals surface area contributed by atoms with Gasteiger partial charge in [0.05, 0.1) is 5.02 Å². The van der Waals surface area contributed by atoms with Crippen LogP contribution in [-0.4, -0.2) is 0 Å². The highest BCUT2D eigenvalue weighted by molar-refractivity contribution is 6.35. The van der Waals surface area contributed by atoms with E-state index in [9.17, 15) is 4.39 Å². The Hall–Kier alpha value is -1.53. The van der Waals surface area contributed by atoms with Crippen LogP contribution < -0.4 is 0 Å². The first-order chi connectivity index (χ1) is 7.54. The number of hydrogen-bond acceptors (Lipinski definition) is 2. The average molecular weight is 238 g/mol. The van der Waals surface area contributed by atoms with Crippen LogP contribution in [-0.2, 0) is 0 Å². The van der Waals surface area contributed by atoms with E-state index >= 15 is 0 Å². The first kappa shape index (κ1) is 11.0. The molecular formula is C12H9ClFNO. The molecule has 4 heteroatoms. The van der Waals surface area contributed by atoms with Crippen molar-refractivity contribution >= 4 is 22.6 Å². The van der Waals surface area contributed by atoms with Gasteiger partial charge in [-0.15, -0.1) is 0 Å². The highest BCUT2D eigenvalue weighted by Gasteiger charge is 2.19. The summed E-state index contributed by atoms with van der Waals surface area (Å²) in [5.74, 6) is -0.143. The molecule has 0 radical (unpaired) electrons. The van der Waals surface area contributed by atoms with Gasteiger partial charge in [0, 0.05) is 10.9 Å². The lowest BCUT2D eigenvalue weighted by Gasteiger charge is -2.02. The van der Waals surface area contributed by atoms with Crippen molar-refractivity contribution in [3.63, 3.8) is 0 Å². The number of rotatable bonds is 1. The van der Waals surface area contributed by atoms with E-state index in [1.54, 1.807) is 0 Å². The van der Waals surface area contributed by atoms with Crippen molar-refractivity contribution in [1.29, 1.82) is 5.26 Å². The van der Waals surface area contributed by atoms with E-state index < -0.39 is 5.82 Å². The fraction of sp³-hybridized carbons (Fsp3) is 0.250. The van der Waals surface area contributed by atoms with Crippen LogP contribution in [0.1, 0.15) is 31.1 Å². The topological polar surface area (TPSA) is 36.9 Å². The first-order valence-electron chi connectivity index (χ1n) is 4.86. The van der Waals surface area contributed by atoms with Crippen molar-refractivity contribution in [3.8, 4) is 6.07 Å². The molecule has 1 aromatic carbocycles. The molecule has 0 bridgehead atoms. The summed E-state index contributed by atoms with van der Waals surface area (Å²) < 4.78 is 18.6. The summed E-state index contributed by atoms with van der Waals surface area (Å²) >= 11 is 5.87. The molecule has 0 amide bonds. The predicted molar refractivity (Wildman–Crippen MR) is 60.0 cm³/mol. The van der Waals surface area contributed by atoms with Gasteiger partial charge in [-0.1, -0.05) is 25.4 Å². The van der Waals surface area contributed by atoms with E-state index in [1.807, 2.05) is 19.9 Å². The molecule has 2 aromatic rings. The molecule has 2 rings (SSSR count). The third kappa shape index (κ3) is 1.56. The maximum Gasteiger partial charge on any atom is 0.208 e. The van der Waals surface area contributed by atoms with Gasteiger partial charge >= 0.3 is 0 Å². The Labute approximate surface area is 97.2 Å². The molecule has 1 heterocycles. The van der Waals surface area contributed by atoms with Gasteiger partial charge in [0.2, 0.25) is 5.76 Å². The Bertz CT molecular complexity index is 595. The highest BCUT2D eigenvalue weighted by Crippen LogP contribution is 2.35. The minimum atomic E-state index is -0.426. The summed E-state index contributed by atoms with van der Waals surface area (Å²) in [5.41, 5.74) is 1.09. The Kier molecular flexibility index (Phi) is 2.61. The number of nitrogens with zero attached hydrogens (tertiary/aromatic N) is 1. The molecular weight excluding hydrogens is 229 g/mol. The van der Waals surface area contributed by atoms with Gasteiger partial charge < -0.3 is 4.42 Å². The number of nitriles is 1. The van der Waals surface area contributed by atoms with Crippen LogP contribution in [0.3, 0.4) is 0 Å². The van der Waals surface area contributed by atoms with Gasteiger partial charge in [0.1, 0.15) is 11.9 Å². The van der Waals surface area contributed by atoms with Crippen LogP contribution >= 0.6 is 11.6 Å². The quantitative estimate of drug-likeness (QED) is 0.745. The van der Waals surface area contributed by atoms with Gasteiger partial charge in [-0.05, 0) is 18.1 Å². The largest absolute Gasteiger partial charge is 0.444 e.